The second kappa shape index (κ2) is 11.3. The van der Waals surface area contributed by atoms with Crippen LogP contribution in [0.5, 0.6) is 0 Å². The number of hydrogen-bond donors (Lipinski definition) is 2. The van der Waals surface area contributed by atoms with Crippen LogP contribution < -0.4 is 10.6 Å². The van der Waals surface area contributed by atoms with Gasteiger partial charge in [-0.15, -0.1) is 12.4 Å². The molecule has 0 aliphatic carbocycles. The van der Waals surface area contributed by atoms with Crippen molar-refractivity contribution < 1.29 is 26.7 Å². The Morgan fingerprint density at radius 3 is 2.33 bits per heavy atom. The van der Waals surface area contributed by atoms with Crippen molar-refractivity contribution >= 4 is 28.2 Å². The summed E-state index contributed by atoms with van der Waals surface area (Å²) in [6, 6.07) is 4.87. The van der Waals surface area contributed by atoms with Crippen molar-refractivity contribution in [3.63, 3.8) is 0 Å². The molecule has 0 unspecified atom stereocenters. The molecular weight excluding hydrogens is 366 g/mol. The van der Waals surface area contributed by atoms with Crippen molar-refractivity contribution in [3.8, 4) is 0 Å². The first-order valence-corrected chi connectivity index (χ1v) is 8.50. The zero-order valence-electron chi connectivity index (χ0n) is 13.1. The van der Waals surface area contributed by atoms with E-state index in [-0.39, 0.29) is 24.7 Å². The molecule has 138 valence electrons. The summed E-state index contributed by atoms with van der Waals surface area (Å²) in [6.07, 6.45) is 0.0487. The number of rotatable bonds is 10. The molecule has 0 fully saturated rings. The first-order chi connectivity index (χ1) is 10.9. The summed E-state index contributed by atoms with van der Waals surface area (Å²) in [4.78, 5) is 11.2. The van der Waals surface area contributed by atoms with Gasteiger partial charge in [0.25, 0.3) is 0 Å². The van der Waals surface area contributed by atoms with E-state index >= 15 is 0 Å². The molecule has 0 saturated carbocycles. The van der Waals surface area contributed by atoms with Crippen LogP contribution in [0.4, 0.5) is 8.78 Å². The van der Waals surface area contributed by atoms with E-state index < -0.39 is 20.5 Å². The fourth-order valence-electron chi connectivity index (χ4n) is 1.74. The predicted octanol–water partition coefficient (Wildman–Crippen LogP) is 0.999. The third-order valence-electron chi connectivity index (χ3n) is 2.96. The highest BCUT2D eigenvalue weighted by molar-refractivity contribution is 7.91. The first kappa shape index (κ1) is 22.7. The van der Waals surface area contributed by atoms with Crippen LogP contribution in [-0.4, -0.2) is 53.4 Å². The summed E-state index contributed by atoms with van der Waals surface area (Å²) >= 11 is 0. The number of hydrogen-bond acceptors (Lipinski definition) is 5. The summed E-state index contributed by atoms with van der Waals surface area (Å²) in [5, 5.41) is 5.75. The normalized spacial score (nSPS) is 11.2. The smallest absolute Gasteiger partial charge is 0.341 e. The number of carbonyl (C=O) groups is 1. The molecule has 10 heteroatoms. The monoisotopic (exact) mass is 386 g/mol. The second-order valence-electron chi connectivity index (χ2n) is 4.72. The molecule has 0 radical (unpaired) electrons. The number of amides is 1. The van der Waals surface area contributed by atoms with Gasteiger partial charge in [0.2, 0.25) is 15.7 Å². The van der Waals surface area contributed by atoms with Crippen molar-refractivity contribution in [1.82, 2.24) is 10.6 Å². The standard InChI is InChI=1S/C14H20F2N2O4S.ClH/c1-22-9-8-17-6-7-18-13(19)10-11-2-4-12(5-3-11)23(20,21)14(15)16;/h2-5,14,17H,6-10H2,1H3,(H,18,19);1H. The Balaban J connectivity index is 0.00000529. The van der Waals surface area contributed by atoms with Gasteiger partial charge < -0.3 is 15.4 Å². The highest BCUT2D eigenvalue weighted by Crippen LogP contribution is 2.18. The van der Waals surface area contributed by atoms with E-state index in [9.17, 15) is 22.0 Å². The van der Waals surface area contributed by atoms with Crippen LogP contribution in [0.1, 0.15) is 5.56 Å². The topological polar surface area (TPSA) is 84.5 Å². The minimum Gasteiger partial charge on any atom is -0.383 e. The average molecular weight is 387 g/mol. The Kier molecular flexibility index (Phi) is 10.7. The Labute approximate surface area is 146 Å². The third kappa shape index (κ3) is 7.52. The van der Waals surface area contributed by atoms with Crippen molar-refractivity contribution in [2.24, 2.45) is 0 Å². The van der Waals surface area contributed by atoms with Crippen LogP contribution in [-0.2, 0) is 25.8 Å². The van der Waals surface area contributed by atoms with Gasteiger partial charge in [-0.1, -0.05) is 12.1 Å². The minimum absolute atomic E-state index is 0. The lowest BCUT2D eigenvalue weighted by Crippen LogP contribution is -2.33. The fraction of sp³-hybridized carbons (Fsp3) is 0.500. The molecule has 0 aliphatic heterocycles. The predicted molar refractivity (Wildman–Crippen MR) is 88.3 cm³/mol. The number of halogens is 3. The van der Waals surface area contributed by atoms with Gasteiger partial charge in [0.05, 0.1) is 17.9 Å². The number of sulfone groups is 1. The molecule has 1 aromatic rings. The minimum atomic E-state index is -4.60. The van der Waals surface area contributed by atoms with Crippen LogP contribution in [0.2, 0.25) is 0 Å². The molecule has 0 spiro atoms. The van der Waals surface area contributed by atoms with Gasteiger partial charge in [-0.2, -0.15) is 8.78 Å². The third-order valence-corrected chi connectivity index (χ3v) is 4.36. The van der Waals surface area contributed by atoms with E-state index in [1.807, 2.05) is 0 Å². The molecule has 1 rings (SSSR count). The van der Waals surface area contributed by atoms with Crippen molar-refractivity contribution in [2.75, 3.05) is 33.4 Å². The van der Waals surface area contributed by atoms with Crippen LogP contribution in [0.15, 0.2) is 29.2 Å². The zero-order valence-corrected chi connectivity index (χ0v) is 14.8. The summed E-state index contributed by atoms with van der Waals surface area (Å²) in [5.74, 6) is -3.69. The van der Waals surface area contributed by atoms with Crippen molar-refractivity contribution in [1.29, 1.82) is 0 Å². The molecule has 0 heterocycles. The Hall–Kier alpha value is -1.29. The van der Waals surface area contributed by atoms with Crippen molar-refractivity contribution in [2.45, 2.75) is 17.1 Å². The maximum absolute atomic E-state index is 12.4. The van der Waals surface area contributed by atoms with E-state index in [2.05, 4.69) is 10.6 Å². The van der Waals surface area contributed by atoms with Gasteiger partial charge in [0.15, 0.2) is 0 Å². The largest absolute Gasteiger partial charge is 0.383 e. The average Bonchev–Trinajstić information content (AvgIpc) is 2.51. The molecule has 0 atom stereocenters. The van der Waals surface area contributed by atoms with Gasteiger partial charge in [0.1, 0.15) is 0 Å². The lowest BCUT2D eigenvalue weighted by atomic mass is 10.1. The molecule has 2 N–H and O–H groups in total. The summed E-state index contributed by atoms with van der Waals surface area (Å²) in [6.45, 7) is 2.31. The zero-order chi connectivity index (χ0) is 17.3. The van der Waals surface area contributed by atoms with Crippen LogP contribution in [0.3, 0.4) is 0 Å². The van der Waals surface area contributed by atoms with Crippen molar-refractivity contribution in [3.05, 3.63) is 29.8 Å². The Morgan fingerprint density at radius 1 is 1.17 bits per heavy atom. The number of methoxy groups -OCH3 is 1. The quantitative estimate of drug-likeness (QED) is 0.586. The second-order valence-corrected chi connectivity index (χ2v) is 6.64. The SMILES string of the molecule is COCCNCCNC(=O)Cc1ccc(S(=O)(=O)C(F)F)cc1.Cl. The molecule has 1 amide bonds. The highest BCUT2D eigenvalue weighted by Gasteiger charge is 2.26. The van der Waals surface area contributed by atoms with E-state index in [1.54, 1.807) is 7.11 Å². The van der Waals surface area contributed by atoms with Gasteiger partial charge >= 0.3 is 5.76 Å². The summed E-state index contributed by atoms with van der Waals surface area (Å²) < 4.78 is 52.2. The molecule has 0 saturated heterocycles. The van der Waals surface area contributed by atoms with Crippen LogP contribution >= 0.6 is 12.4 Å². The molecule has 6 nitrogen and oxygen atoms in total. The number of alkyl halides is 2. The van der Waals surface area contributed by atoms with E-state index in [1.165, 1.54) is 12.1 Å². The molecule has 0 bridgehead atoms. The highest BCUT2D eigenvalue weighted by atomic mass is 35.5. The Bertz CT molecular complexity index is 597. The van der Waals surface area contributed by atoms with E-state index in [4.69, 9.17) is 4.74 Å². The Morgan fingerprint density at radius 2 is 1.79 bits per heavy atom. The molecule has 24 heavy (non-hydrogen) atoms. The van der Waals surface area contributed by atoms with Gasteiger partial charge in [-0.3, -0.25) is 4.79 Å². The maximum Gasteiger partial charge on any atom is 0.341 e. The molecule has 1 aromatic carbocycles. The number of nitrogens with one attached hydrogen (secondary N) is 2. The van der Waals surface area contributed by atoms with E-state index in [0.29, 0.717) is 31.8 Å². The lowest BCUT2D eigenvalue weighted by Gasteiger charge is -2.07. The van der Waals surface area contributed by atoms with Crippen LogP contribution in [0.25, 0.3) is 0 Å². The van der Waals surface area contributed by atoms with Gasteiger partial charge in [0, 0.05) is 26.7 Å². The number of carbonyl (C=O) groups excluding carboxylic acids is 1. The molecule has 0 aromatic heterocycles. The van der Waals surface area contributed by atoms with E-state index in [0.717, 1.165) is 12.1 Å². The maximum atomic E-state index is 12.4. The van der Waals surface area contributed by atoms with Gasteiger partial charge in [-0.25, -0.2) is 8.42 Å². The fourth-order valence-corrected chi connectivity index (χ4v) is 2.46. The first-order valence-electron chi connectivity index (χ1n) is 6.95. The molecule has 0 aliphatic rings. The number of ether oxygens (including phenoxy) is 1. The van der Waals surface area contributed by atoms with Crippen LogP contribution in [0, 0.1) is 0 Å². The number of benzene rings is 1. The summed E-state index contributed by atoms with van der Waals surface area (Å²) in [5.41, 5.74) is 0.544. The molecular formula is C14H21ClF2N2O4S. The summed E-state index contributed by atoms with van der Waals surface area (Å²) in [7, 11) is -3.00. The van der Waals surface area contributed by atoms with Gasteiger partial charge in [-0.05, 0) is 17.7 Å². The lowest BCUT2D eigenvalue weighted by molar-refractivity contribution is -0.120.